The number of hydrogen-bond donors (Lipinski definition) is 3. The van der Waals surface area contributed by atoms with Gasteiger partial charge in [-0.15, -0.1) is 0 Å². The summed E-state index contributed by atoms with van der Waals surface area (Å²) in [7, 11) is 0. The molecule has 176 valence electrons. The standard InChI is InChI=1S/C26H23ClN6O2/c1-17-4-7-20(15-30-17)35-24-9-6-19(14-22(24)27)33-26-21-13-18(5-8-23(21)31-16-32-26)3-2-12-29-25(34)10-11-28/h4-9,13-16H,10-12,28H2,1H3,(H,29,34)(H,31,32,33). The second-order valence-corrected chi connectivity index (χ2v) is 7.99. The summed E-state index contributed by atoms with van der Waals surface area (Å²) in [5, 5.41) is 7.24. The number of carbonyl (C=O) groups excluding carboxylic acids is 1. The van der Waals surface area contributed by atoms with E-state index in [0.717, 1.165) is 27.8 Å². The van der Waals surface area contributed by atoms with Gasteiger partial charge in [0, 0.05) is 35.3 Å². The van der Waals surface area contributed by atoms with E-state index in [1.165, 1.54) is 6.33 Å². The number of nitrogens with zero attached hydrogens (tertiary/aromatic N) is 3. The fourth-order valence-corrected chi connectivity index (χ4v) is 3.40. The number of pyridine rings is 1. The summed E-state index contributed by atoms with van der Waals surface area (Å²) in [4.78, 5) is 24.4. The number of anilines is 2. The molecule has 2 aromatic heterocycles. The van der Waals surface area contributed by atoms with Crippen LogP contribution in [0.2, 0.25) is 5.02 Å². The molecule has 2 heterocycles. The Bertz CT molecular complexity index is 1410. The number of rotatable bonds is 7. The normalized spacial score (nSPS) is 10.4. The highest BCUT2D eigenvalue weighted by Crippen LogP contribution is 2.33. The van der Waals surface area contributed by atoms with Crippen molar-refractivity contribution in [2.24, 2.45) is 5.73 Å². The first kappa shape index (κ1) is 24.0. The molecule has 8 nitrogen and oxygen atoms in total. The van der Waals surface area contributed by atoms with Crippen molar-refractivity contribution in [2.75, 3.05) is 18.4 Å². The number of halogens is 1. The van der Waals surface area contributed by atoms with Crippen LogP contribution in [0.4, 0.5) is 11.5 Å². The van der Waals surface area contributed by atoms with Crippen molar-refractivity contribution in [1.82, 2.24) is 20.3 Å². The lowest BCUT2D eigenvalue weighted by Gasteiger charge is -2.11. The van der Waals surface area contributed by atoms with E-state index < -0.39 is 0 Å². The largest absolute Gasteiger partial charge is 0.454 e. The second-order valence-electron chi connectivity index (χ2n) is 7.58. The molecule has 0 fully saturated rings. The van der Waals surface area contributed by atoms with Gasteiger partial charge in [0.15, 0.2) is 0 Å². The molecule has 35 heavy (non-hydrogen) atoms. The van der Waals surface area contributed by atoms with Crippen molar-refractivity contribution in [2.45, 2.75) is 13.3 Å². The maximum absolute atomic E-state index is 11.5. The summed E-state index contributed by atoms with van der Waals surface area (Å²) >= 11 is 6.46. The summed E-state index contributed by atoms with van der Waals surface area (Å²) in [6, 6.07) is 14.8. The topological polar surface area (TPSA) is 115 Å². The summed E-state index contributed by atoms with van der Waals surface area (Å²) in [5.41, 5.74) is 8.55. The van der Waals surface area contributed by atoms with Crippen molar-refractivity contribution in [3.05, 3.63) is 77.3 Å². The number of aromatic nitrogens is 3. The lowest BCUT2D eigenvalue weighted by Crippen LogP contribution is -2.25. The van der Waals surface area contributed by atoms with Crippen molar-refractivity contribution in [1.29, 1.82) is 0 Å². The highest BCUT2D eigenvalue weighted by atomic mass is 35.5. The zero-order valence-electron chi connectivity index (χ0n) is 19.0. The van der Waals surface area contributed by atoms with E-state index in [4.69, 9.17) is 22.1 Å². The average molecular weight is 487 g/mol. The van der Waals surface area contributed by atoms with Gasteiger partial charge in [-0.2, -0.15) is 0 Å². The van der Waals surface area contributed by atoms with Crippen LogP contribution in [0.15, 0.2) is 61.1 Å². The Hall–Kier alpha value is -4.19. The first-order valence-electron chi connectivity index (χ1n) is 10.9. The van der Waals surface area contributed by atoms with Crippen LogP contribution in [-0.4, -0.2) is 33.9 Å². The molecule has 4 aromatic rings. The molecule has 4 N–H and O–H groups in total. The van der Waals surface area contributed by atoms with Crippen molar-refractivity contribution >= 4 is 39.9 Å². The lowest BCUT2D eigenvalue weighted by molar-refractivity contribution is -0.120. The molecule has 0 unspecified atom stereocenters. The van der Waals surface area contributed by atoms with Crippen LogP contribution in [0.1, 0.15) is 17.7 Å². The number of carbonyl (C=O) groups is 1. The number of amides is 1. The van der Waals surface area contributed by atoms with Crippen LogP contribution in [0.3, 0.4) is 0 Å². The zero-order valence-corrected chi connectivity index (χ0v) is 19.8. The third-order valence-electron chi connectivity index (χ3n) is 4.92. The molecule has 0 atom stereocenters. The molecule has 9 heteroatoms. The number of benzene rings is 2. The van der Waals surface area contributed by atoms with Gasteiger partial charge >= 0.3 is 0 Å². The fraction of sp³-hybridized carbons (Fsp3) is 0.154. The predicted octanol–water partition coefficient (Wildman–Crippen LogP) is 4.34. The first-order valence-corrected chi connectivity index (χ1v) is 11.3. The molecule has 0 aliphatic rings. The maximum Gasteiger partial charge on any atom is 0.222 e. The van der Waals surface area contributed by atoms with E-state index in [1.54, 1.807) is 18.3 Å². The Morgan fingerprint density at radius 1 is 1.11 bits per heavy atom. The summed E-state index contributed by atoms with van der Waals surface area (Å²) in [6.45, 7) is 2.47. The van der Waals surface area contributed by atoms with E-state index in [2.05, 4.69) is 37.4 Å². The predicted molar refractivity (Wildman–Crippen MR) is 137 cm³/mol. The zero-order chi connectivity index (χ0) is 24.6. The number of ether oxygens (including phenoxy) is 1. The SMILES string of the molecule is Cc1ccc(Oc2ccc(Nc3ncnc4ccc(C#CCNC(=O)CCN)cc34)cc2Cl)cn1. The Morgan fingerprint density at radius 2 is 2.00 bits per heavy atom. The Balaban J connectivity index is 1.50. The molecule has 0 bridgehead atoms. The van der Waals surface area contributed by atoms with Gasteiger partial charge in [0.05, 0.1) is 23.3 Å². The van der Waals surface area contributed by atoms with Gasteiger partial charge < -0.3 is 21.1 Å². The van der Waals surface area contributed by atoms with Crippen LogP contribution in [-0.2, 0) is 4.79 Å². The number of nitrogens with two attached hydrogens (primary N) is 1. The van der Waals surface area contributed by atoms with Crippen molar-refractivity contribution in [3.8, 4) is 23.3 Å². The van der Waals surface area contributed by atoms with E-state index in [0.29, 0.717) is 28.9 Å². The van der Waals surface area contributed by atoms with E-state index in [1.807, 2.05) is 43.3 Å². The quantitative estimate of drug-likeness (QED) is 0.333. The van der Waals surface area contributed by atoms with Gasteiger partial charge in [0.25, 0.3) is 0 Å². The summed E-state index contributed by atoms with van der Waals surface area (Å²) in [5.74, 6) is 7.61. The van der Waals surface area contributed by atoms with Crippen LogP contribution in [0, 0.1) is 18.8 Å². The molecule has 4 rings (SSSR count). The minimum absolute atomic E-state index is 0.120. The number of hydrogen-bond acceptors (Lipinski definition) is 7. The summed E-state index contributed by atoms with van der Waals surface area (Å²) in [6.07, 6.45) is 3.43. The Kier molecular flexibility index (Phi) is 7.73. The minimum Gasteiger partial charge on any atom is -0.454 e. The molecule has 0 aliphatic carbocycles. The van der Waals surface area contributed by atoms with Gasteiger partial charge in [-0.1, -0.05) is 23.4 Å². The molecule has 0 spiro atoms. The monoisotopic (exact) mass is 486 g/mol. The number of nitrogens with one attached hydrogen (secondary N) is 2. The maximum atomic E-state index is 11.5. The third kappa shape index (κ3) is 6.44. The van der Waals surface area contributed by atoms with Gasteiger partial charge in [-0.3, -0.25) is 9.78 Å². The lowest BCUT2D eigenvalue weighted by atomic mass is 10.1. The Morgan fingerprint density at radius 3 is 2.77 bits per heavy atom. The van der Waals surface area contributed by atoms with Crippen molar-refractivity contribution < 1.29 is 9.53 Å². The Labute approximate surface area is 207 Å². The fourth-order valence-electron chi connectivity index (χ4n) is 3.18. The molecule has 1 amide bonds. The van der Waals surface area contributed by atoms with Gasteiger partial charge in [-0.05, 0) is 55.5 Å². The number of aryl methyl sites for hydroxylation is 1. The smallest absolute Gasteiger partial charge is 0.222 e. The minimum atomic E-state index is -0.120. The van der Waals surface area contributed by atoms with Crippen LogP contribution in [0.25, 0.3) is 10.9 Å². The van der Waals surface area contributed by atoms with Gasteiger partial charge in [0.1, 0.15) is 23.6 Å². The molecule has 0 aliphatic heterocycles. The van der Waals surface area contributed by atoms with Crippen LogP contribution in [0.5, 0.6) is 11.5 Å². The molecular weight excluding hydrogens is 464 g/mol. The van der Waals surface area contributed by atoms with Crippen LogP contribution >= 0.6 is 11.6 Å². The highest BCUT2D eigenvalue weighted by molar-refractivity contribution is 6.32. The van der Waals surface area contributed by atoms with Crippen molar-refractivity contribution in [3.63, 3.8) is 0 Å². The second kappa shape index (κ2) is 11.3. The third-order valence-corrected chi connectivity index (χ3v) is 5.22. The molecule has 0 saturated carbocycles. The van der Waals surface area contributed by atoms with E-state index in [-0.39, 0.29) is 18.9 Å². The number of fused-ring (bicyclic) bond motifs is 1. The molecule has 0 saturated heterocycles. The molecule has 0 radical (unpaired) electrons. The van der Waals surface area contributed by atoms with E-state index >= 15 is 0 Å². The van der Waals surface area contributed by atoms with Gasteiger partial charge in [0.2, 0.25) is 5.91 Å². The summed E-state index contributed by atoms with van der Waals surface area (Å²) < 4.78 is 5.83. The van der Waals surface area contributed by atoms with Crippen LogP contribution < -0.4 is 21.1 Å². The highest BCUT2D eigenvalue weighted by Gasteiger charge is 2.09. The van der Waals surface area contributed by atoms with Gasteiger partial charge in [-0.25, -0.2) is 9.97 Å². The first-order chi connectivity index (χ1) is 17.0. The molecular formula is C26H23ClN6O2. The average Bonchev–Trinajstić information content (AvgIpc) is 2.85. The molecule has 2 aromatic carbocycles. The van der Waals surface area contributed by atoms with E-state index in [9.17, 15) is 4.79 Å².